The Hall–Kier alpha value is -11.5. The molecule has 32 nitrogen and oxygen atoms in total. The number of nitrogens with zero attached hydrogens (tertiary/aromatic N) is 4. The van der Waals surface area contributed by atoms with Gasteiger partial charge in [-0.2, -0.15) is 0 Å². The zero-order chi connectivity index (χ0) is 83.5. The van der Waals surface area contributed by atoms with Gasteiger partial charge in [0.15, 0.2) is 0 Å². The van der Waals surface area contributed by atoms with Crippen LogP contribution in [0.25, 0.3) is 10.8 Å². The summed E-state index contributed by atoms with van der Waals surface area (Å²) in [7, 11) is 0. The number of fused-ring (bicyclic) bond motifs is 1. The fraction of sp³-hybridized carbons (Fsp3) is 0.463. The first-order valence-electron chi connectivity index (χ1n) is 39.0. The first-order valence-corrected chi connectivity index (χ1v) is 39.4. The van der Waals surface area contributed by atoms with E-state index in [0.717, 1.165) is 10.8 Å². The number of hydrogen-bond acceptors (Lipinski definition) is 19. The molecule has 0 saturated carbocycles. The maximum absolute atomic E-state index is 15.2. The number of aliphatic hydroxyl groups is 1. The summed E-state index contributed by atoms with van der Waals surface area (Å²) in [4.78, 5) is 197. The molecule has 1 fully saturated rings. The molecule has 0 bridgehead atoms. The molecule has 7 rings (SSSR count). The summed E-state index contributed by atoms with van der Waals surface area (Å²) in [5, 5.41) is 46.7. The number of hydrogen-bond donors (Lipinski definition) is 15. The molecule has 0 unspecified atom stereocenters. The van der Waals surface area contributed by atoms with Gasteiger partial charge in [-0.15, -0.1) is 0 Å². The molecule has 13 amide bonds. The fourth-order valence-corrected chi connectivity index (χ4v) is 13.2. The molecule has 0 radical (unpaired) electrons. The molecular weight excluding hydrogens is 1500 g/mol. The Labute approximate surface area is 674 Å². The topological polar surface area (TPSA) is 480 Å². The second kappa shape index (κ2) is 46.6. The van der Waals surface area contributed by atoms with Gasteiger partial charge in [0.2, 0.25) is 65.0 Å². The standard InChI is InChI=1S/C82H109ClN18O14/c1-49(2)42-64(76(109)96-63(27-12-13-36-87-50(3)4)82(115)101-41-19-28-69(101)81(114)92-51(5)71(85)104)97-75(108)62(26-10-15-38-90-72(105)59-23-18-40-89-70(59)84)94-74(107)61(25-11-16-39-91-73(106)60-24-9-14-37-88-60)95-80(113)68(48-102)100-79(112)67(46-55-20-17-35-86-47-55)99-78(111)66(44-53-30-33-58(83)34-31-53)98-77(110)65(93-52(6)103)45-54-29-32-56-21-7-8-22-57(56)43-54/h7-9,14,17-18,20-24,29-35,37,40,43,47,49-51,61-69,87,102H,10-13,15-16,19,25-28,36,38-39,41-42,44-46,48H2,1-6H3,(H2,84,89)(H2,85,104)(H,90,105)(H,91,106)(H,92,114)(H,93,103)(H,94,107)(H,95,113)(H,96,109)(H,97,108)(H,98,110)(H,99,111)(H,100,112)/t51-,61+,62-,63+,64+,65-,66-,67-,68+,69+/m1/s1. The second-order valence-corrected chi connectivity index (χ2v) is 29.8. The summed E-state index contributed by atoms with van der Waals surface area (Å²) in [6.45, 7) is 10.1. The zero-order valence-corrected chi connectivity index (χ0v) is 66.6. The number of carbonyl (C=O) groups is 13. The van der Waals surface area contributed by atoms with Gasteiger partial charge in [-0.05, 0) is 166 Å². The molecule has 0 spiro atoms. The molecule has 3 aromatic carbocycles. The van der Waals surface area contributed by atoms with Crippen LogP contribution in [0.1, 0.15) is 156 Å². The number of nitrogens with two attached hydrogens (primary N) is 2. The summed E-state index contributed by atoms with van der Waals surface area (Å²) in [5.74, 6) is -10.0. The number of anilines is 1. The highest BCUT2D eigenvalue weighted by Gasteiger charge is 2.40. The van der Waals surface area contributed by atoms with Gasteiger partial charge >= 0.3 is 0 Å². The number of primary amides is 1. The highest BCUT2D eigenvalue weighted by Crippen LogP contribution is 2.23. The quantitative estimate of drug-likeness (QED) is 0.0244. The molecule has 6 aromatic rings. The van der Waals surface area contributed by atoms with Gasteiger partial charge in [0.1, 0.15) is 71.9 Å². The van der Waals surface area contributed by atoms with Crippen LogP contribution in [-0.2, 0) is 72.0 Å². The van der Waals surface area contributed by atoms with Crippen molar-refractivity contribution in [1.82, 2.24) is 83.7 Å². The number of rotatable bonds is 46. The van der Waals surface area contributed by atoms with E-state index in [1.54, 1.807) is 54.6 Å². The lowest BCUT2D eigenvalue weighted by atomic mass is 9.99. The number of likely N-dealkylation sites (tertiary alicyclic amines) is 1. The summed E-state index contributed by atoms with van der Waals surface area (Å²) in [6.07, 6.45) is 7.76. The number of benzene rings is 3. The molecule has 17 N–H and O–H groups in total. The van der Waals surface area contributed by atoms with Crippen molar-refractivity contribution in [2.24, 2.45) is 11.7 Å². The summed E-state index contributed by atoms with van der Waals surface area (Å²) < 4.78 is 0. The van der Waals surface area contributed by atoms with E-state index in [9.17, 15) is 57.8 Å². The van der Waals surface area contributed by atoms with Gasteiger partial charge in [-0.25, -0.2) is 4.98 Å². The third-order valence-electron chi connectivity index (χ3n) is 19.3. The van der Waals surface area contributed by atoms with Crippen LogP contribution in [0.4, 0.5) is 5.82 Å². The van der Waals surface area contributed by atoms with Gasteiger partial charge in [0.05, 0.1) is 12.2 Å². The number of amides is 13. The van der Waals surface area contributed by atoms with Crippen LogP contribution in [0.2, 0.25) is 5.02 Å². The highest BCUT2D eigenvalue weighted by molar-refractivity contribution is 6.30. The molecule has 115 heavy (non-hydrogen) atoms. The minimum absolute atomic E-state index is 0.00540. The number of unbranched alkanes of at least 4 members (excludes halogenated alkanes) is 3. The van der Waals surface area contributed by atoms with Crippen molar-refractivity contribution >= 4 is 105 Å². The number of carbonyl (C=O) groups excluding carboxylic acids is 13. The van der Waals surface area contributed by atoms with Crippen molar-refractivity contribution in [3.63, 3.8) is 0 Å². The van der Waals surface area contributed by atoms with Crippen LogP contribution in [0, 0.1) is 5.92 Å². The Morgan fingerprint density at radius 3 is 1.61 bits per heavy atom. The summed E-state index contributed by atoms with van der Waals surface area (Å²) >= 11 is 6.27. The number of nitrogens with one attached hydrogen (secondary N) is 12. The average molecular weight is 1610 g/mol. The number of pyridine rings is 3. The Balaban J connectivity index is 1.16. The van der Waals surface area contributed by atoms with Crippen LogP contribution in [-0.4, -0.2) is 201 Å². The maximum atomic E-state index is 15.2. The largest absolute Gasteiger partial charge is 0.394 e. The summed E-state index contributed by atoms with van der Waals surface area (Å²) in [6, 6.07) is 17.3. The zero-order valence-electron chi connectivity index (χ0n) is 65.8. The molecule has 0 aliphatic carbocycles. The van der Waals surface area contributed by atoms with Crippen molar-refractivity contribution in [1.29, 1.82) is 0 Å². The van der Waals surface area contributed by atoms with Crippen LogP contribution < -0.4 is 75.3 Å². The molecule has 33 heteroatoms. The van der Waals surface area contributed by atoms with E-state index in [2.05, 4.69) is 78.8 Å². The lowest BCUT2D eigenvalue weighted by Crippen LogP contribution is -2.61. The van der Waals surface area contributed by atoms with Crippen molar-refractivity contribution in [2.45, 2.75) is 204 Å². The summed E-state index contributed by atoms with van der Waals surface area (Å²) in [5.41, 5.74) is 13.4. The van der Waals surface area contributed by atoms with E-state index in [4.69, 9.17) is 23.1 Å². The molecule has 1 aliphatic heterocycles. The van der Waals surface area contributed by atoms with E-state index in [1.807, 2.05) is 70.2 Å². The Morgan fingerprint density at radius 2 is 1.03 bits per heavy atom. The third kappa shape index (κ3) is 30.1. The van der Waals surface area contributed by atoms with Gasteiger partial charge in [-0.3, -0.25) is 72.3 Å². The van der Waals surface area contributed by atoms with Crippen LogP contribution >= 0.6 is 11.6 Å². The Morgan fingerprint density at radius 1 is 0.513 bits per heavy atom. The van der Waals surface area contributed by atoms with Gasteiger partial charge in [0, 0.05) is 81.7 Å². The molecule has 618 valence electrons. The minimum atomic E-state index is -1.84. The van der Waals surface area contributed by atoms with Crippen LogP contribution in [0.15, 0.2) is 134 Å². The number of aliphatic hydroxyl groups excluding tert-OH is 1. The SMILES string of the molecule is CC(=O)N[C@H](Cc1ccc2ccccc2c1)C(=O)N[C@H](Cc1ccc(Cl)cc1)C(=O)N[C@H](Cc1cccnc1)C(=O)N[C@@H](CO)C(=O)N[C@@H](CCCCNC(=O)c1ccccn1)C(=O)N[C@H](CCCCNC(=O)c1cccnc1N)C(=O)N[C@@H](CC(C)C)C(=O)N[C@@H](CCCCNC(C)C)C(=O)N1CCC[C@H]1C(=O)N[C@H](C)C(N)=O. The lowest BCUT2D eigenvalue weighted by molar-refractivity contribution is -0.142. The molecule has 10 atom stereocenters. The van der Waals surface area contributed by atoms with Gasteiger partial charge in [0.25, 0.3) is 11.8 Å². The normalized spacial score (nSPS) is 14.9. The molecule has 1 saturated heterocycles. The molecule has 3 aromatic heterocycles. The van der Waals surface area contributed by atoms with Gasteiger partial charge < -0.3 is 85.3 Å². The van der Waals surface area contributed by atoms with Crippen molar-refractivity contribution in [3.8, 4) is 0 Å². The van der Waals surface area contributed by atoms with E-state index < -0.39 is 144 Å². The highest BCUT2D eigenvalue weighted by atomic mass is 35.5. The van der Waals surface area contributed by atoms with Crippen molar-refractivity contribution in [2.75, 3.05) is 38.5 Å². The van der Waals surface area contributed by atoms with E-state index in [-0.39, 0.29) is 126 Å². The Kier molecular flexibility index (Phi) is 36.8. The number of halogens is 1. The third-order valence-corrected chi connectivity index (χ3v) is 19.5. The lowest BCUT2D eigenvalue weighted by Gasteiger charge is -2.31. The Bertz CT molecular complexity index is 4280. The molecule has 1 aliphatic rings. The fourth-order valence-electron chi connectivity index (χ4n) is 13.1. The maximum Gasteiger partial charge on any atom is 0.269 e. The predicted octanol–water partition coefficient (Wildman–Crippen LogP) is 2.57. The average Bonchev–Trinajstić information content (AvgIpc) is 1.80. The van der Waals surface area contributed by atoms with Crippen molar-refractivity contribution < 1.29 is 67.4 Å². The minimum Gasteiger partial charge on any atom is -0.394 e. The molecule has 4 heterocycles. The van der Waals surface area contributed by atoms with Crippen LogP contribution in [0.3, 0.4) is 0 Å². The number of aromatic nitrogens is 3. The van der Waals surface area contributed by atoms with Crippen molar-refractivity contribution in [3.05, 3.63) is 167 Å². The van der Waals surface area contributed by atoms with E-state index in [1.165, 1.54) is 55.7 Å². The van der Waals surface area contributed by atoms with Gasteiger partial charge in [-0.1, -0.05) is 106 Å². The smallest absolute Gasteiger partial charge is 0.269 e. The first kappa shape index (κ1) is 90.7. The number of nitrogen functional groups attached to an aromatic ring is 1. The van der Waals surface area contributed by atoms with E-state index >= 15 is 9.59 Å². The first-order chi connectivity index (χ1) is 55.1. The molecular formula is C82H109ClN18O14. The second-order valence-electron chi connectivity index (χ2n) is 29.4. The predicted molar refractivity (Wildman–Crippen MR) is 432 cm³/mol. The van der Waals surface area contributed by atoms with E-state index in [0.29, 0.717) is 47.5 Å². The monoisotopic (exact) mass is 1600 g/mol. The van der Waals surface area contributed by atoms with Crippen LogP contribution in [0.5, 0.6) is 0 Å².